The number of rotatable bonds is 6. The van der Waals surface area contributed by atoms with Gasteiger partial charge in [-0.3, -0.25) is 4.79 Å². The number of nitrogens with two attached hydrogens (primary N) is 1. The maximum Gasteiger partial charge on any atom is 0.253 e. The van der Waals surface area contributed by atoms with Gasteiger partial charge in [-0.1, -0.05) is 0 Å². The van der Waals surface area contributed by atoms with Gasteiger partial charge in [-0.25, -0.2) is 0 Å². The highest BCUT2D eigenvalue weighted by molar-refractivity contribution is 5.95. The van der Waals surface area contributed by atoms with Crippen LogP contribution in [0, 0.1) is 0 Å². The molecule has 5 nitrogen and oxygen atoms in total. The summed E-state index contributed by atoms with van der Waals surface area (Å²) in [5.74, 6) is -0.0634. The molecule has 0 aromatic heterocycles. The van der Waals surface area contributed by atoms with Crippen LogP contribution in [-0.2, 0) is 0 Å². The van der Waals surface area contributed by atoms with E-state index in [-0.39, 0.29) is 18.6 Å². The molecule has 0 bridgehead atoms. The fourth-order valence-electron chi connectivity index (χ4n) is 1.82. The number of nitrogens with zero attached hydrogens (tertiary/aromatic N) is 1. The molecule has 0 radical (unpaired) electrons. The first-order valence-corrected chi connectivity index (χ1v) is 6.44. The molecule has 4 N–H and O–H groups in total. The second-order valence-electron chi connectivity index (χ2n) is 4.91. The summed E-state index contributed by atoms with van der Waals surface area (Å²) in [4.78, 5) is 13.3. The summed E-state index contributed by atoms with van der Waals surface area (Å²) in [6, 6.07) is 5.50. The van der Waals surface area contributed by atoms with Gasteiger partial charge in [-0.15, -0.1) is 0 Å². The number of carbonyl (C=O) groups excluding carboxylic acids is 1. The number of nitrogen functional groups attached to an aromatic ring is 1. The first-order valence-electron chi connectivity index (χ1n) is 6.44. The number of carbonyl (C=O) groups is 1. The van der Waals surface area contributed by atoms with E-state index >= 15 is 0 Å². The van der Waals surface area contributed by atoms with Crippen LogP contribution in [0.5, 0.6) is 0 Å². The van der Waals surface area contributed by atoms with E-state index in [1.54, 1.807) is 26.2 Å². The summed E-state index contributed by atoms with van der Waals surface area (Å²) in [7, 11) is 3.42. The molecular formula is C14H23N3O2. The molecule has 1 amide bonds. The number of hydrogen-bond donors (Lipinski definition) is 3. The van der Waals surface area contributed by atoms with Gasteiger partial charge in [0.25, 0.3) is 5.91 Å². The topological polar surface area (TPSA) is 78.6 Å². The van der Waals surface area contributed by atoms with E-state index in [2.05, 4.69) is 5.32 Å². The Balaban J connectivity index is 2.75. The molecule has 0 aliphatic carbocycles. The minimum Gasteiger partial charge on any atom is -0.397 e. The lowest BCUT2D eigenvalue weighted by atomic mass is 10.1. The summed E-state index contributed by atoms with van der Waals surface area (Å²) in [6.45, 7) is 2.23. The van der Waals surface area contributed by atoms with Crippen molar-refractivity contribution in [2.45, 2.75) is 25.8 Å². The molecule has 1 unspecified atom stereocenters. The van der Waals surface area contributed by atoms with E-state index in [1.807, 2.05) is 13.0 Å². The molecule has 1 aromatic rings. The van der Waals surface area contributed by atoms with Crippen LogP contribution in [0.4, 0.5) is 11.4 Å². The SMILES string of the molecule is CC(CCCO)Nc1ccc(C(=O)N(C)C)cc1N. The Labute approximate surface area is 114 Å². The Morgan fingerprint density at radius 1 is 1.47 bits per heavy atom. The van der Waals surface area contributed by atoms with Crippen molar-refractivity contribution < 1.29 is 9.90 Å². The van der Waals surface area contributed by atoms with E-state index in [0.29, 0.717) is 11.3 Å². The quantitative estimate of drug-likeness (QED) is 0.682. The lowest BCUT2D eigenvalue weighted by molar-refractivity contribution is 0.0827. The van der Waals surface area contributed by atoms with Crippen molar-refractivity contribution in [2.75, 3.05) is 31.8 Å². The normalized spacial score (nSPS) is 12.0. The average Bonchev–Trinajstić information content (AvgIpc) is 2.37. The second-order valence-corrected chi connectivity index (χ2v) is 4.91. The van der Waals surface area contributed by atoms with Crippen LogP contribution >= 0.6 is 0 Å². The zero-order valence-electron chi connectivity index (χ0n) is 11.8. The van der Waals surface area contributed by atoms with Gasteiger partial charge in [-0.2, -0.15) is 0 Å². The fraction of sp³-hybridized carbons (Fsp3) is 0.500. The Hall–Kier alpha value is -1.75. The van der Waals surface area contributed by atoms with Gasteiger partial charge in [0, 0.05) is 32.3 Å². The molecule has 0 spiro atoms. The summed E-state index contributed by atoms with van der Waals surface area (Å²) in [5, 5.41) is 12.1. The number of nitrogens with one attached hydrogen (secondary N) is 1. The number of aliphatic hydroxyl groups excluding tert-OH is 1. The molecule has 1 aromatic carbocycles. The maximum absolute atomic E-state index is 11.8. The Kier molecular flexibility index (Phi) is 5.63. The highest BCUT2D eigenvalue weighted by Crippen LogP contribution is 2.22. The molecule has 19 heavy (non-hydrogen) atoms. The monoisotopic (exact) mass is 265 g/mol. The Morgan fingerprint density at radius 3 is 2.68 bits per heavy atom. The minimum absolute atomic E-state index is 0.0634. The lowest BCUT2D eigenvalue weighted by Crippen LogP contribution is -2.22. The summed E-state index contributed by atoms with van der Waals surface area (Å²) in [5.41, 5.74) is 7.91. The summed E-state index contributed by atoms with van der Waals surface area (Å²) < 4.78 is 0. The largest absolute Gasteiger partial charge is 0.397 e. The summed E-state index contributed by atoms with van der Waals surface area (Å²) >= 11 is 0. The van der Waals surface area contributed by atoms with Crippen LogP contribution in [0.3, 0.4) is 0 Å². The van der Waals surface area contributed by atoms with Gasteiger partial charge >= 0.3 is 0 Å². The summed E-state index contributed by atoms with van der Waals surface area (Å²) in [6.07, 6.45) is 1.62. The average molecular weight is 265 g/mol. The number of amides is 1. The van der Waals surface area contributed by atoms with Crippen LogP contribution < -0.4 is 11.1 Å². The van der Waals surface area contributed by atoms with Crippen LogP contribution in [0.2, 0.25) is 0 Å². The van der Waals surface area contributed by atoms with Gasteiger partial charge in [-0.05, 0) is 38.0 Å². The van der Waals surface area contributed by atoms with E-state index in [1.165, 1.54) is 4.90 Å². The lowest BCUT2D eigenvalue weighted by Gasteiger charge is -2.17. The number of anilines is 2. The number of aliphatic hydroxyl groups is 1. The van der Waals surface area contributed by atoms with Gasteiger partial charge in [0.15, 0.2) is 0 Å². The molecule has 0 fully saturated rings. The second kappa shape index (κ2) is 6.99. The maximum atomic E-state index is 11.8. The molecule has 1 atom stereocenters. The van der Waals surface area contributed by atoms with Gasteiger partial charge in [0.1, 0.15) is 0 Å². The Bertz CT molecular complexity index is 433. The third-order valence-corrected chi connectivity index (χ3v) is 2.90. The molecule has 1 rings (SSSR count). The molecule has 0 saturated heterocycles. The van der Waals surface area contributed by atoms with Crippen LogP contribution in [0.15, 0.2) is 18.2 Å². The van der Waals surface area contributed by atoms with Crippen LogP contribution in [0.1, 0.15) is 30.1 Å². The molecule has 0 aliphatic heterocycles. The number of benzene rings is 1. The smallest absolute Gasteiger partial charge is 0.253 e. The van der Waals surface area contributed by atoms with Crippen molar-refractivity contribution in [1.82, 2.24) is 4.90 Å². The molecule has 0 saturated carbocycles. The van der Waals surface area contributed by atoms with E-state index in [0.717, 1.165) is 18.5 Å². The minimum atomic E-state index is -0.0634. The molecule has 0 aliphatic rings. The standard InChI is InChI=1S/C14H23N3O2/c1-10(5-4-8-18)16-13-7-6-11(9-12(13)15)14(19)17(2)3/h6-7,9-10,16,18H,4-5,8,15H2,1-3H3. The van der Waals surface area contributed by atoms with Crippen molar-refractivity contribution in [1.29, 1.82) is 0 Å². The van der Waals surface area contributed by atoms with E-state index in [4.69, 9.17) is 10.8 Å². The van der Waals surface area contributed by atoms with Crippen LogP contribution in [-0.4, -0.2) is 42.7 Å². The number of hydrogen-bond acceptors (Lipinski definition) is 4. The predicted octanol–water partition coefficient (Wildman–Crippen LogP) is 1.54. The zero-order valence-corrected chi connectivity index (χ0v) is 11.8. The van der Waals surface area contributed by atoms with Crippen molar-refractivity contribution in [2.24, 2.45) is 0 Å². The third kappa shape index (κ3) is 4.44. The van der Waals surface area contributed by atoms with Crippen molar-refractivity contribution in [3.8, 4) is 0 Å². The van der Waals surface area contributed by atoms with Crippen molar-refractivity contribution >= 4 is 17.3 Å². The molecule has 5 heteroatoms. The van der Waals surface area contributed by atoms with Crippen molar-refractivity contribution in [3.05, 3.63) is 23.8 Å². The first-order chi connectivity index (χ1) is 8.95. The van der Waals surface area contributed by atoms with E-state index < -0.39 is 0 Å². The molecule has 106 valence electrons. The van der Waals surface area contributed by atoms with Gasteiger partial charge in [0.2, 0.25) is 0 Å². The Morgan fingerprint density at radius 2 is 2.16 bits per heavy atom. The van der Waals surface area contributed by atoms with Crippen molar-refractivity contribution in [3.63, 3.8) is 0 Å². The van der Waals surface area contributed by atoms with Gasteiger partial charge in [0.05, 0.1) is 11.4 Å². The zero-order chi connectivity index (χ0) is 14.4. The molecular weight excluding hydrogens is 242 g/mol. The highest BCUT2D eigenvalue weighted by atomic mass is 16.2. The predicted molar refractivity (Wildman–Crippen MR) is 78.3 cm³/mol. The fourth-order valence-corrected chi connectivity index (χ4v) is 1.82. The van der Waals surface area contributed by atoms with E-state index in [9.17, 15) is 4.79 Å². The highest BCUT2D eigenvalue weighted by Gasteiger charge is 2.11. The third-order valence-electron chi connectivity index (χ3n) is 2.90. The van der Waals surface area contributed by atoms with Gasteiger partial charge < -0.3 is 21.1 Å². The molecule has 0 heterocycles. The first kappa shape index (κ1) is 15.3. The van der Waals surface area contributed by atoms with Crippen LogP contribution in [0.25, 0.3) is 0 Å².